The second-order valence-electron chi connectivity index (χ2n) is 7.11. The Bertz CT molecular complexity index is 654. The number of benzene rings is 1. The summed E-state index contributed by atoms with van der Waals surface area (Å²) >= 11 is 0. The molecule has 0 saturated carbocycles. The van der Waals surface area contributed by atoms with Gasteiger partial charge in [0.1, 0.15) is 0 Å². The first-order chi connectivity index (χ1) is 10.8. The van der Waals surface area contributed by atoms with Crippen molar-refractivity contribution in [1.29, 1.82) is 0 Å². The van der Waals surface area contributed by atoms with Gasteiger partial charge < -0.3 is 4.90 Å². The predicted molar refractivity (Wildman–Crippen MR) is 90.8 cm³/mol. The van der Waals surface area contributed by atoms with Gasteiger partial charge in [0.2, 0.25) is 0 Å². The molecule has 2 aromatic rings. The Kier molecular flexibility index (Phi) is 3.85. The second-order valence-corrected chi connectivity index (χ2v) is 7.11. The highest BCUT2D eigenvalue weighted by Gasteiger charge is 2.30. The van der Waals surface area contributed by atoms with E-state index in [1.54, 1.807) is 0 Å². The summed E-state index contributed by atoms with van der Waals surface area (Å²) in [6, 6.07) is 11.7. The highest BCUT2D eigenvalue weighted by atomic mass is 15.2. The molecule has 2 fully saturated rings. The fourth-order valence-corrected chi connectivity index (χ4v) is 4.24. The second kappa shape index (κ2) is 5.98. The third-order valence-corrected chi connectivity index (χ3v) is 5.38. The van der Waals surface area contributed by atoms with Gasteiger partial charge in [0.05, 0.1) is 5.52 Å². The molecular weight excluding hydrogens is 270 g/mol. The zero-order valence-corrected chi connectivity index (χ0v) is 13.4. The van der Waals surface area contributed by atoms with Crippen molar-refractivity contribution in [1.82, 2.24) is 14.8 Å². The van der Waals surface area contributed by atoms with Gasteiger partial charge in [-0.05, 0) is 49.6 Å². The van der Waals surface area contributed by atoms with Crippen LogP contribution in [0.4, 0.5) is 0 Å². The lowest BCUT2D eigenvalue weighted by Gasteiger charge is -2.29. The molecule has 1 aromatic carbocycles. The molecule has 0 unspecified atom stereocenters. The maximum absolute atomic E-state index is 4.42. The number of rotatable bonds is 2. The molecule has 22 heavy (non-hydrogen) atoms. The van der Waals surface area contributed by atoms with Gasteiger partial charge in [-0.15, -0.1) is 0 Å². The van der Waals surface area contributed by atoms with Crippen LogP contribution in [0.25, 0.3) is 10.9 Å². The van der Waals surface area contributed by atoms with E-state index in [1.165, 1.54) is 49.8 Å². The molecule has 3 heterocycles. The minimum absolute atomic E-state index is 0.745. The lowest BCUT2D eigenvalue weighted by Crippen LogP contribution is -2.38. The van der Waals surface area contributed by atoms with Crippen molar-refractivity contribution in [2.24, 2.45) is 5.92 Å². The molecule has 3 nitrogen and oxygen atoms in total. The van der Waals surface area contributed by atoms with Gasteiger partial charge in [-0.3, -0.25) is 9.88 Å². The first-order valence-corrected chi connectivity index (χ1v) is 8.54. The van der Waals surface area contributed by atoms with Gasteiger partial charge in [0.25, 0.3) is 0 Å². The Labute approximate surface area is 132 Å². The number of aromatic nitrogens is 1. The van der Waals surface area contributed by atoms with Crippen LogP contribution >= 0.6 is 0 Å². The van der Waals surface area contributed by atoms with E-state index in [4.69, 9.17) is 0 Å². The van der Waals surface area contributed by atoms with Crippen molar-refractivity contribution in [2.75, 3.05) is 26.7 Å². The first-order valence-electron chi connectivity index (χ1n) is 8.54. The molecule has 0 spiro atoms. The summed E-state index contributed by atoms with van der Waals surface area (Å²) < 4.78 is 0. The maximum atomic E-state index is 4.42. The molecule has 0 radical (unpaired) electrons. The number of fused-ring (bicyclic) bond motifs is 4. The largest absolute Gasteiger partial charge is 0.302 e. The van der Waals surface area contributed by atoms with Crippen molar-refractivity contribution < 1.29 is 0 Å². The van der Waals surface area contributed by atoms with E-state index in [0.29, 0.717) is 0 Å². The summed E-state index contributed by atoms with van der Waals surface area (Å²) in [5, 5.41) is 1.26. The van der Waals surface area contributed by atoms with E-state index in [-0.39, 0.29) is 0 Å². The fraction of sp³-hybridized carbons (Fsp3) is 0.526. The summed E-state index contributed by atoms with van der Waals surface area (Å²) in [7, 11) is 2.31. The zero-order chi connectivity index (χ0) is 14.9. The highest BCUT2D eigenvalue weighted by Crippen LogP contribution is 2.26. The van der Waals surface area contributed by atoms with Crippen molar-refractivity contribution in [3.05, 3.63) is 42.1 Å². The maximum Gasteiger partial charge on any atom is 0.0702 e. The van der Waals surface area contributed by atoms with Crippen molar-refractivity contribution in [3.8, 4) is 0 Å². The van der Waals surface area contributed by atoms with E-state index < -0.39 is 0 Å². The number of pyridine rings is 1. The Balaban J connectivity index is 1.54. The molecule has 3 heteroatoms. The van der Waals surface area contributed by atoms with Gasteiger partial charge in [0.15, 0.2) is 0 Å². The molecule has 2 atom stereocenters. The zero-order valence-electron chi connectivity index (χ0n) is 13.4. The molecule has 4 rings (SSSR count). The summed E-state index contributed by atoms with van der Waals surface area (Å²) in [5.74, 6) is 0.847. The Hall–Kier alpha value is -1.45. The molecule has 2 saturated heterocycles. The van der Waals surface area contributed by atoms with Gasteiger partial charge in [0, 0.05) is 43.8 Å². The van der Waals surface area contributed by atoms with Crippen LogP contribution in [-0.2, 0) is 6.54 Å². The first kappa shape index (κ1) is 14.2. The van der Waals surface area contributed by atoms with E-state index in [1.807, 2.05) is 12.3 Å². The Morgan fingerprint density at radius 1 is 1.14 bits per heavy atom. The fourth-order valence-electron chi connectivity index (χ4n) is 4.24. The molecule has 1 aromatic heterocycles. The minimum Gasteiger partial charge on any atom is -0.302 e. The van der Waals surface area contributed by atoms with E-state index in [2.05, 4.69) is 46.1 Å². The molecule has 0 amide bonds. The van der Waals surface area contributed by atoms with Crippen LogP contribution in [0.1, 0.15) is 24.8 Å². The van der Waals surface area contributed by atoms with E-state index >= 15 is 0 Å². The van der Waals surface area contributed by atoms with Crippen LogP contribution in [0.2, 0.25) is 0 Å². The van der Waals surface area contributed by atoms with Crippen molar-refractivity contribution >= 4 is 10.9 Å². The van der Waals surface area contributed by atoms with Crippen molar-refractivity contribution in [3.63, 3.8) is 0 Å². The predicted octanol–water partition coefficient (Wildman–Crippen LogP) is 3.15. The molecule has 2 aliphatic rings. The lowest BCUT2D eigenvalue weighted by molar-refractivity contribution is 0.187. The quantitative estimate of drug-likeness (QED) is 0.848. The average molecular weight is 295 g/mol. The van der Waals surface area contributed by atoms with Crippen LogP contribution in [0.3, 0.4) is 0 Å². The van der Waals surface area contributed by atoms with Crippen LogP contribution in [0, 0.1) is 5.92 Å². The van der Waals surface area contributed by atoms with Crippen LogP contribution in [-0.4, -0.2) is 47.5 Å². The number of hydrogen-bond acceptors (Lipinski definition) is 3. The van der Waals surface area contributed by atoms with Crippen molar-refractivity contribution in [2.45, 2.75) is 31.8 Å². The monoisotopic (exact) mass is 295 g/mol. The van der Waals surface area contributed by atoms with Gasteiger partial charge in [-0.25, -0.2) is 0 Å². The topological polar surface area (TPSA) is 19.4 Å². The number of hydrogen-bond donors (Lipinski definition) is 0. The van der Waals surface area contributed by atoms with E-state index in [9.17, 15) is 0 Å². The number of nitrogens with zero attached hydrogens (tertiary/aromatic N) is 3. The summed E-state index contributed by atoms with van der Waals surface area (Å²) in [5.41, 5.74) is 2.52. The average Bonchev–Trinajstić information content (AvgIpc) is 2.76. The Morgan fingerprint density at radius 3 is 3.05 bits per heavy atom. The van der Waals surface area contributed by atoms with Crippen LogP contribution in [0.15, 0.2) is 36.5 Å². The molecule has 2 bridgehead atoms. The highest BCUT2D eigenvalue weighted by molar-refractivity contribution is 5.78. The van der Waals surface area contributed by atoms with Gasteiger partial charge in [-0.1, -0.05) is 18.6 Å². The summed E-state index contributed by atoms with van der Waals surface area (Å²) in [6.07, 6.45) is 6.05. The van der Waals surface area contributed by atoms with Crippen LogP contribution < -0.4 is 0 Å². The normalized spacial score (nSPS) is 27.0. The SMILES string of the molecule is CN1C[C@@H]2CCC[C@H]1CN(Cc1ccc3ncccc3c1)C2. The van der Waals surface area contributed by atoms with Gasteiger partial charge in [-0.2, -0.15) is 0 Å². The van der Waals surface area contributed by atoms with Gasteiger partial charge >= 0.3 is 0 Å². The number of likely N-dealkylation sites (N-methyl/N-ethyl adjacent to an activating group) is 1. The molecule has 0 aliphatic carbocycles. The molecule has 116 valence electrons. The lowest BCUT2D eigenvalue weighted by atomic mass is 9.99. The Morgan fingerprint density at radius 2 is 2.09 bits per heavy atom. The van der Waals surface area contributed by atoms with E-state index in [0.717, 1.165) is 24.0 Å². The smallest absolute Gasteiger partial charge is 0.0702 e. The molecule has 2 aliphatic heterocycles. The third-order valence-electron chi connectivity index (χ3n) is 5.38. The third kappa shape index (κ3) is 2.88. The summed E-state index contributed by atoms with van der Waals surface area (Å²) in [6.45, 7) is 4.83. The molecular formula is C19H25N3. The standard InChI is InChI=1S/C19H25N3/c1-21-11-16-4-2-6-18(21)14-22(13-16)12-15-7-8-19-17(10-15)5-3-9-20-19/h3,5,7-10,16,18H,2,4,6,11-14H2,1H3/t16-,18-/m0/s1. The molecule has 0 N–H and O–H groups in total. The minimum atomic E-state index is 0.745. The van der Waals surface area contributed by atoms with Crippen LogP contribution in [0.5, 0.6) is 0 Å². The summed E-state index contributed by atoms with van der Waals surface area (Å²) in [4.78, 5) is 9.70. The number of likely N-dealkylation sites (tertiary alicyclic amines) is 1.